The third-order valence-electron chi connectivity index (χ3n) is 3.68. The number of carbonyl (C=O) groups is 1. The van der Waals surface area contributed by atoms with E-state index < -0.39 is 5.97 Å². The normalized spacial score (nSPS) is 10.8. The zero-order chi connectivity index (χ0) is 20.5. The molecule has 0 amide bonds. The summed E-state index contributed by atoms with van der Waals surface area (Å²) in [6, 6.07) is 12.4. The first-order chi connectivity index (χ1) is 13.5. The molecule has 0 unspecified atom stereocenters. The van der Waals surface area contributed by atoms with Crippen LogP contribution in [0.4, 0.5) is 0 Å². The summed E-state index contributed by atoms with van der Waals surface area (Å²) in [7, 11) is 4.17. The second-order valence-corrected chi connectivity index (χ2v) is 6.41. The lowest BCUT2D eigenvalue weighted by molar-refractivity contribution is -0.132. The summed E-state index contributed by atoms with van der Waals surface area (Å²) in [6.07, 6.45) is 1.59. The molecule has 0 aliphatic carbocycles. The lowest BCUT2D eigenvalue weighted by atomic mass is 10.0. The quantitative estimate of drug-likeness (QED) is 0.353. The predicted molar refractivity (Wildman–Crippen MR) is 109 cm³/mol. The molecule has 0 saturated carbocycles. The number of benzene rings is 2. The van der Waals surface area contributed by atoms with Crippen LogP contribution in [-0.2, 0) is 21.0 Å². The number of hydrogen-bond donors (Lipinski definition) is 0. The van der Waals surface area contributed by atoms with E-state index in [0.29, 0.717) is 22.6 Å². The van der Waals surface area contributed by atoms with Gasteiger partial charge in [-0.2, -0.15) is 0 Å². The molecule has 0 aliphatic rings. The highest BCUT2D eigenvalue weighted by Crippen LogP contribution is 2.30. The number of hydrogen-bond acceptors (Lipinski definition) is 6. The molecule has 0 bridgehead atoms. The van der Waals surface area contributed by atoms with Gasteiger partial charge in [-0.05, 0) is 29.3 Å². The van der Waals surface area contributed by atoms with Crippen molar-refractivity contribution in [2.45, 2.75) is 6.61 Å². The Morgan fingerprint density at radius 1 is 1.07 bits per heavy atom. The van der Waals surface area contributed by atoms with Crippen molar-refractivity contribution in [2.24, 2.45) is 5.16 Å². The number of halogens is 2. The van der Waals surface area contributed by atoms with Crippen LogP contribution in [0.15, 0.2) is 52.1 Å². The maximum absolute atomic E-state index is 12.1. The van der Waals surface area contributed by atoms with Crippen LogP contribution in [-0.4, -0.2) is 33.0 Å². The molecular formula is C20H19Cl2NO5. The molecule has 2 rings (SSSR count). The minimum atomic E-state index is -0.615. The van der Waals surface area contributed by atoms with E-state index in [-0.39, 0.29) is 16.8 Å². The third kappa shape index (κ3) is 5.65. The fourth-order valence-corrected chi connectivity index (χ4v) is 2.69. The van der Waals surface area contributed by atoms with Gasteiger partial charge < -0.3 is 19.0 Å². The number of methoxy groups -OCH3 is 2. The highest BCUT2D eigenvalue weighted by Gasteiger charge is 2.19. The fourth-order valence-electron chi connectivity index (χ4n) is 2.44. The molecule has 0 aromatic heterocycles. The molecule has 0 aliphatic heterocycles. The zero-order valence-electron chi connectivity index (χ0n) is 15.6. The predicted octanol–water partition coefficient (Wildman–Crippen LogP) is 4.57. The van der Waals surface area contributed by atoms with Gasteiger partial charge in [-0.1, -0.05) is 58.7 Å². The summed E-state index contributed by atoms with van der Waals surface area (Å²) in [5.41, 5.74) is 2.04. The molecule has 28 heavy (non-hydrogen) atoms. The van der Waals surface area contributed by atoms with Crippen LogP contribution >= 0.6 is 23.2 Å². The molecule has 8 heteroatoms. The number of esters is 1. The van der Waals surface area contributed by atoms with Crippen molar-refractivity contribution in [1.29, 1.82) is 0 Å². The Morgan fingerprint density at radius 3 is 2.46 bits per heavy atom. The first-order valence-electron chi connectivity index (χ1n) is 8.11. The maximum Gasteiger partial charge on any atom is 0.360 e. The number of oxime groups is 1. The second-order valence-electron chi connectivity index (χ2n) is 5.40. The van der Waals surface area contributed by atoms with E-state index in [2.05, 4.69) is 5.16 Å². The smallest absolute Gasteiger partial charge is 0.360 e. The van der Waals surface area contributed by atoms with Crippen molar-refractivity contribution in [3.8, 4) is 11.5 Å². The first-order valence-corrected chi connectivity index (χ1v) is 8.87. The van der Waals surface area contributed by atoms with E-state index in [9.17, 15) is 4.79 Å². The summed E-state index contributed by atoms with van der Waals surface area (Å²) in [4.78, 5) is 16.8. The summed E-state index contributed by atoms with van der Waals surface area (Å²) in [5.74, 6) is 0.416. The van der Waals surface area contributed by atoms with Gasteiger partial charge in [0.05, 0.1) is 14.2 Å². The summed E-state index contributed by atoms with van der Waals surface area (Å²) in [5, 5.41) is 3.79. The third-order valence-corrected chi connectivity index (χ3v) is 3.90. The van der Waals surface area contributed by atoms with Crippen LogP contribution in [0.1, 0.15) is 16.7 Å². The van der Waals surface area contributed by atoms with Gasteiger partial charge in [0.25, 0.3) is 0 Å². The van der Waals surface area contributed by atoms with Gasteiger partial charge >= 0.3 is 5.97 Å². The van der Waals surface area contributed by atoms with E-state index in [0.717, 1.165) is 5.56 Å². The molecule has 2 aromatic carbocycles. The topological polar surface area (TPSA) is 66.4 Å². The van der Waals surface area contributed by atoms with Crippen molar-refractivity contribution in [1.82, 2.24) is 0 Å². The molecule has 148 valence electrons. The van der Waals surface area contributed by atoms with Gasteiger partial charge in [0.1, 0.15) is 18.2 Å². The van der Waals surface area contributed by atoms with Crippen molar-refractivity contribution in [2.75, 3.05) is 21.3 Å². The Hall–Kier alpha value is -2.70. The minimum absolute atomic E-state index is 0.0433. The number of rotatable bonds is 8. The molecule has 0 atom stereocenters. The molecule has 0 spiro atoms. The maximum atomic E-state index is 12.1. The minimum Gasteiger partial charge on any atom is -0.493 e. The second kappa shape index (κ2) is 10.6. The first kappa shape index (κ1) is 21.6. The van der Waals surface area contributed by atoms with Crippen molar-refractivity contribution in [3.63, 3.8) is 0 Å². The van der Waals surface area contributed by atoms with Gasteiger partial charge in [-0.3, -0.25) is 0 Å². The van der Waals surface area contributed by atoms with Gasteiger partial charge in [-0.15, -0.1) is 0 Å². The van der Waals surface area contributed by atoms with Crippen molar-refractivity contribution >= 4 is 41.0 Å². The molecule has 0 fully saturated rings. The molecule has 0 saturated heterocycles. The molecule has 0 heterocycles. The number of ether oxygens (including phenoxy) is 3. The Bertz CT molecular complexity index is 892. The Kier molecular flexibility index (Phi) is 8.17. The van der Waals surface area contributed by atoms with Gasteiger partial charge in [0, 0.05) is 5.56 Å². The largest absolute Gasteiger partial charge is 0.493 e. The van der Waals surface area contributed by atoms with E-state index >= 15 is 0 Å². The molecule has 2 aromatic rings. The average Bonchev–Trinajstić information content (AvgIpc) is 2.70. The average molecular weight is 424 g/mol. The fraction of sp³-hybridized carbons (Fsp3) is 0.200. The zero-order valence-corrected chi connectivity index (χ0v) is 17.1. The van der Waals surface area contributed by atoms with Crippen LogP contribution in [0.25, 0.3) is 6.08 Å². The molecule has 0 radical (unpaired) electrons. The highest BCUT2D eigenvalue weighted by molar-refractivity contribution is 6.57. The van der Waals surface area contributed by atoms with E-state index in [1.165, 1.54) is 14.2 Å². The van der Waals surface area contributed by atoms with Gasteiger partial charge in [-0.25, -0.2) is 4.79 Å². The van der Waals surface area contributed by atoms with Crippen LogP contribution in [0, 0.1) is 0 Å². The number of nitrogens with zero attached hydrogens (tertiary/aromatic N) is 1. The Balaban J connectivity index is 2.34. The van der Waals surface area contributed by atoms with Crippen LogP contribution < -0.4 is 9.47 Å². The number of carbonyl (C=O) groups excluding carboxylic acids is 1. The summed E-state index contributed by atoms with van der Waals surface area (Å²) >= 11 is 11.5. The monoisotopic (exact) mass is 423 g/mol. The molecular weight excluding hydrogens is 405 g/mol. The van der Waals surface area contributed by atoms with E-state index in [1.807, 2.05) is 12.1 Å². The van der Waals surface area contributed by atoms with Gasteiger partial charge in [0.2, 0.25) is 0 Å². The Morgan fingerprint density at radius 2 is 1.82 bits per heavy atom. The highest BCUT2D eigenvalue weighted by atomic mass is 35.5. The van der Waals surface area contributed by atoms with Crippen LogP contribution in [0.5, 0.6) is 11.5 Å². The summed E-state index contributed by atoms with van der Waals surface area (Å²) < 4.78 is 16.2. The van der Waals surface area contributed by atoms with E-state index in [1.54, 1.807) is 43.5 Å². The standard InChI is InChI=1S/C20H19Cl2NO5/c1-25-16-9-8-13(11-18(21)22)10-17(16)28-12-14-6-4-5-7-15(14)19(23-27-3)20(24)26-2/h4-11H,12H2,1-3H3. The van der Waals surface area contributed by atoms with Crippen LogP contribution in [0.2, 0.25) is 0 Å². The summed E-state index contributed by atoms with van der Waals surface area (Å²) in [6.45, 7) is 0.147. The molecule has 0 N–H and O–H groups in total. The lowest BCUT2D eigenvalue weighted by Gasteiger charge is -2.14. The van der Waals surface area contributed by atoms with Crippen molar-refractivity contribution < 1.29 is 23.8 Å². The van der Waals surface area contributed by atoms with Crippen molar-refractivity contribution in [3.05, 3.63) is 63.6 Å². The SMILES string of the molecule is CON=C(C(=O)OC)c1ccccc1COc1cc(C=C(Cl)Cl)ccc1OC. The van der Waals surface area contributed by atoms with Gasteiger partial charge in [0.15, 0.2) is 17.2 Å². The Labute approximate surface area is 173 Å². The van der Waals surface area contributed by atoms with Crippen LogP contribution in [0.3, 0.4) is 0 Å². The lowest BCUT2D eigenvalue weighted by Crippen LogP contribution is -2.19. The molecule has 6 nitrogen and oxygen atoms in total. The van der Waals surface area contributed by atoms with E-state index in [4.69, 9.17) is 42.3 Å².